The molecule has 0 atom stereocenters. The summed E-state index contributed by atoms with van der Waals surface area (Å²) in [5, 5.41) is 3.83. The molecule has 0 radical (unpaired) electrons. The molecule has 2 heterocycles. The van der Waals surface area contributed by atoms with Crippen LogP contribution in [0.1, 0.15) is 27.2 Å². The van der Waals surface area contributed by atoms with E-state index in [9.17, 15) is 13.2 Å². The summed E-state index contributed by atoms with van der Waals surface area (Å²) in [7, 11) is -3.65. The largest absolute Gasteiger partial charge is 0.379 e. The molecule has 1 saturated heterocycles. The first-order valence-corrected chi connectivity index (χ1v) is 11.3. The Morgan fingerprint density at radius 1 is 1.07 bits per heavy atom. The van der Waals surface area contributed by atoms with Gasteiger partial charge in [0.15, 0.2) is 0 Å². The van der Waals surface area contributed by atoms with Crippen molar-refractivity contribution in [1.82, 2.24) is 9.29 Å². The lowest BCUT2D eigenvalue weighted by molar-refractivity contribution is 0.0730. The fourth-order valence-electron chi connectivity index (χ4n) is 3.69. The van der Waals surface area contributed by atoms with Gasteiger partial charge in [0.25, 0.3) is 5.91 Å². The Bertz CT molecular complexity index is 1220. The van der Waals surface area contributed by atoms with Gasteiger partial charge in [0, 0.05) is 40.9 Å². The molecule has 3 aromatic rings. The van der Waals surface area contributed by atoms with Crippen molar-refractivity contribution in [2.24, 2.45) is 0 Å². The molecule has 0 bridgehead atoms. The van der Waals surface area contributed by atoms with Crippen molar-refractivity contribution in [3.8, 4) is 0 Å². The highest BCUT2D eigenvalue weighted by molar-refractivity contribution is 7.89. The number of carbonyl (C=O) groups is 1. The molecule has 1 amide bonds. The number of aromatic amines is 1. The fourth-order valence-corrected chi connectivity index (χ4v) is 5.35. The third-order valence-corrected chi connectivity index (χ3v) is 7.64. The van der Waals surface area contributed by atoms with E-state index in [1.807, 2.05) is 26.0 Å². The lowest BCUT2D eigenvalue weighted by atomic mass is 10.1. The molecule has 8 heteroatoms. The molecule has 1 aliphatic heterocycles. The van der Waals surface area contributed by atoms with Gasteiger partial charge in [0.2, 0.25) is 10.0 Å². The minimum absolute atomic E-state index is 0.203. The van der Waals surface area contributed by atoms with E-state index in [1.54, 1.807) is 25.1 Å². The number of nitrogens with zero attached hydrogens (tertiary/aromatic N) is 1. The Hall–Kier alpha value is -2.68. The van der Waals surface area contributed by atoms with E-state index in [1.165, 1.54) is 10.4 Å². The zero-order valence-electron chi connectivity index (χ0n) is 17.3. The maximum Gasteiger partial charge on any atom is 0.255 e. The normalized spacial score (nSPS) is 15.4. The Labute approximate surface area is 176 Å². The summed E-state index contributed by atoms with van der Waals surface area (Å²) in [6.45, 7) is 7.19. The van der Waals surface area contributed by atoms with Crippen LogP contribution in [0.4, 0.5) is 5.69 Å². The van der Waals surface area contributed by atoms with Crippen LogP contribution in [0.25, 0.3) is 10.9 Å². The molecule has 1 aromatic heterocycles. The summed E-state index contributed by atoms with van der Waals surface area (Å²) in [6.07, 6.45) is 0. The lowest BCUT2D eigenvalue weighted by Gasteiger charge is -2.26. The number of sulfonamides is 1. The van der Waals surface area contributed by atoms with E-state index < -0.39 is 10.0 Å². The van der Waals surface area contributed by atoms with Gasteiger partial charge < -0.3 is 15.0 Å². The topological polar surface area (TPSA) is 91.5 Å². The molecule has 1 aliphatic rings. The summed E-state index contributed by atoms with van der Waals surface area (Å²) < 4.78 is 32.8. The number of nitrogens with one attached hydrogen (secondary N) is 2. The lowest BCUT2D eigenvalue weighted by Crippen LogP contribution is -2.40. The van der Waals surface area contributed by atoms with E-state index in [-0.39, 0.29) is 10.8 Å². The maximum atomic E-state index is 13.1. The summed E-state index contributed by atoms with van der Waals surface area (Å²) in [5.74, 6) is -0.284. The maximum absolute atomic E-state index is 13.1. The predicted molar refractivity (Wildman–Crippen MR) is 116 cm³/mol. The van der Waals surface area contributed by atoms with E-state index in [4.69, 9.17) is 4.74 Å². The number of hydrogen-bond acceptors (Lipinski definition) is 4. The van der Waals surface area contributed by atoms with Crippen molar-refractivity contribution in [3.63, 3.8) is 0 Å². The summed E-state index contributed by atoms with van der Waals surface area (Å²) >= 11 is 0. The molecule has 1 fully saturated rings. The van der Waals surface area contributed by atoms with Gasteiger partial charge in [-0.15, -0.1) is 0 Å². The Kier molecular flexibility index (Phi) is 5.40. The van der Waals surface area contributed by atoms with E-state index in [0.717, 1.165) is 22.2 Å². The monoisotopic (exact) mass is 427 g/mol. The second kappa shape index (κ2) is 7.86. The molecule has 0 aliphatic carbocycles. The molecule has 2 aromatic carbocycles. The van der Waals surface area contributed by atoms with Gasteiger partial charge in [-0.3, -0.25) is 4.79 Å². The molecular formula is C22H25N3O4S. The highest BCUT2D eigenvalue weighted by Crippen LogP contribution is 2.26. The smallest absolute Gasteiger partial charge is 0.255 e. The highest BCUT2D eigenvalue weighted by atomic mass is 32.2. The van der Waals surface area contributed by atoms with Gasteiger partial charge in [-0.2, -0.15) is 4.31 Å². The molecule has 30 heavy (non-hydrogen) atoms. The number of aryl methyl sites for hydroxylation is 3. The van der Waals surface area contributed by atoms with Gasteiger partial charge in [0.1, 0.15) is 0 Å². The minimum atomic E-state index is -3.65. The average Bonchev–Trinajstić information content (AvgIpc) is 3.03. The average molecular weight is 428 g/mol. The number of fused-ring (bicyclic) bond motifs is 1. The van der Waals surface area contributed by atoms with Crippen LogP contribution in [-0.2, 0) is 14.8 Å². The summed E-state index contributed by atoms with van der Waals surface area (Å²) in [5.41, 5.74) is 4.75. The highest BCUT2D eigenvalue weighted by Gasteiger charge is 2.28. The number of H-pyrrole nitrogens is 1. The number of carbonyl (C=O) groups excluding carboxylic acids is 1. The fraction of sp³-hybridized carbons (Fsp3) is 0.318. The number of amides is 1. The quantitative estimate of drug-likeness (QED) is 0.668. The SMILES string of the molecule is Cc1ccc(NC(=O)c2ccc3[nH]c(C)c(C)c3c2)cc1S(=O)(=O)N1CCOCC1. The van der Waals surface area contributed by atoms with Crippen LogP contribution in [0.5, 0.6) is 0 Å². The van der Waals surface area contributed by atoms with Crippen molar-refractivity contribution >= 4 is 32.5 Å². The number of ether oxygens (including phenoxy) is 1. The minimum Gasteiger partial charge on any atom is -0.379 e. The van der Waals surface area contributed by atoms with E-state index >= 15 is 0 Å². The van der Waals surface area contributed by atoms with Crippen LogP contribution in [0.2, 0.25) is 0 Å². The zero-order valence-corrected chi connectivity index (χ0v) is 18.1. The van der Waals surface area contributed by atoms with Crippen LogP contribution in [0.15, 0.2) is 41.3 Å². The van der Waals surface area contributed by atoms with Crippen molar-refractivity contribution in [2.75, 3.05) is 31.6 Å². The molecule has 0 saturated carbocycles. The van der Waals surface area contributed by atoms with Gasteiger partial charge in [-0.25, -0.2) is 8.42 Å². The van der Waals surface area contributed by atoms with Gasteiger partial charge >= 0.3 is 0 Å². The number of aromatic nitrogens is 1. The van der Waals surface area contributed by atoms with Crippen LogP contribution >= 0.6 is 0 Å². The van der Waals surface area contributed by atoms with Crippen LogP contribution in [0.3, 0.4) is 0 Å². The first kappa shape index (κ1) is 20.6. The summed E-state index contributed by atoms with van der Waals surface area (Å²) in [4.78, 5) is 16.3. The number of anilines is 1. The molecule has 2 N–H and O–H groups in total. The van der Waals surface area contributed by atoms with Crippen molar-refractivity contribution in [3.05, 3.63) is 58.8 Å². The number of hydrogen-bond donors (Lipinski definition) is 2. The van der Waals surface area contributed by atoms with Crippen molar-refractivity contribution in [1.29, 1.82) is 0 Å². The molecule has 0 spiro atoms. The first-order valence-electron chi connectivity index (χ1n) is 9.86. The Morgan fingerprint density at radius 2 is 1.80 bits per heavy atom. The van der Waals surface area contributed by atoms with Crippen molar-refractivity contribution < 1.29 is 17.9 Å². The number of rotatable bonds is 4. The van der Waals surface area contributed by atoms with Crippen LogP contribution < -0.4 is 5.32 Å². The molecule has 158 valence electrons. The standard InChI is InChI=1S/C22H25N3O4S/c1-14-4-6-18(13-21(14)30(27,28)25-8-10-29-11-9-25)24-22(26)17-5-7-20-19(12-17)15(2)16(3)23-20/h4-7,12-13,23H,8-11H2,1-3H3,(H,24,26). The third-order valence-electron chi connectivity index (χ3n) is 5.60. The van der Waals surface area contributed by atoms with Crippen molar-refractivity contribution in [2.45, 2.75) is 25.7 Å². The number of morpholine rings is 1. The second-order valence-corrected chi connectivity index (χ2v) is 9.49. The van der Waals surface area contributed by atoms with Gasteiger partial charge in [0.05, 0.1) is 18.1 Å². The zero-order chi connectivity index (χ0) is 21.5. The van der Waals surface area contributed by atoms with E-state index in [2.05, 4.69) is 10.3 Å². The van der Waals surface area contributed by atoms with Gasteiger partial charge in [-0.05, 0) is 62.2 Å². The molecule has 7 nitrogen and oxygen atoms in total. The van der Waals surface area contributed by atoms with Crippen LogP contribution in [0, 0.1) is 20.8 Å². The third kappa shape index (κ3) is 3.74. The molecule has 4 rings (SSSR count). The summed E-state index contributed by atoms with van der Waals surface area (Å²) in [6, 6.07) is 10.5. The van der Waals surface area contributed by atoms with Crippen LogP contribution in [-0.4, -0.2) is 49.9 Å². The molecule has 0 unspecified atom stereocenters. The Morgan fingerprint density at radius 3 is 2.53 bits per heavy atom. The van der Waals surface area contributed by atoms with Gasteiger partial charge in [-0.1, -0.05) is 6.07 Å². The predicted octanol–water partition coefficient (Wildman–Crippen LogP) is 3.37. The second-order valence-electron chi connectivity index (χ2n) is 7.59. The molecular weight excluding hydrogens is 402 g/mol. The Balaban J connectivity index is 1.61. The number of benzene rings is 2. The first-order chi connectivity index (χ1) is 14.3. The van der Waals surface area contributed by atoms with E-state index in [0.29, 0.717) is 43.1 Å².